The van der Waals surface area contributed by atoms with Crippen molar-refractivity contribution < 1.29 is 13.5 Å². The molecule has 0 amide bonds. The summed E-state index contributed by atoms with van der Waals surface area (Å²) in [6, 6.07) is 0. The van der Waals surface area contributed by atoms with Crippen LogP contribution in [0.2, 0.25) is 0 Å². The lowest BCUT2D eigenvalue weighted by Gasteiger charge is -2.56. The number of epoxide rings is 1. The van der Waals surface area contributed by atoms with Crippen molar-refractivity contribution in [3.05, 3.63) is 0 Å². The molecule has 1 heterocycles. The van der Waals surface area contributed by atoms with Gasteiger partial charge in [-0.05, 0) is 56.3 Å². The van der Waals surface area contributed by atoms with E-state index < -0.39 is 17.6 Å². The highest BCUT2D eigenvalue weighted by Crippen LogP contribution is 2.69. The Labute approximate surface area is 88.2 Å². The molecule has 4 aliphatic carbocycles. The molecule has 0 aromatic heterocycles. The molecule has 4 bridgehead atoms. The molecular weight excluding hydrogens is 198 g/mol. The Hall–Kier alpha value is -0.180. The summed E-state index contributed by atoms with van der Waals surface area (Å²) in [6.45, 7) is 0. The number of ether oxygens (including phenoxy) is 1. The highest BCUT2D eigenvalue weighted by Gasteiger charge is 2.75. The van der Waals surface area contributed by atoms with E-state index in [2.05, 4.69) is 4.74 Å². The Morgan fingerprint density at radius 3 is 1.67 bits per heavy atom. The fourth-order valence-electron chi connectivity index (χ4n) is 5.01. The van der Waals surface area contributed by atoms with Gasteiger partial charge in [-0.15, -0.1) is 0 Å². The van der Waals surface area contributed by atoms with E-state index in [-0.39, 0.29) is 0 Å². The number of halogens is 2. The summed E-state index contributed by atoms with van der Waals surface area (Å²) in [6.07, 6.45) is 4.75. The van der Waals surface area contributed by atoms with Crippen LogP contribution < -0.4 is 0 Å². The summed E-state index contributed by atoms with van der Waals surface area (Å²) >= 11 is 0. The van der Waals surface area contributed by atoms with E-state index in [1.807, 2.05) is 0 Å². The van der Waals surface area contributed by atoms with E-state index in [4.69, 9.17) is 0 Å². The van der Waals surface area contributed by atoms with Gasteiger partial charge in [-0.25, -0.2) is 8.78 Å². The minimum atomic E-state index is -1.90. The third kappa shape index (κ3) is 0.961. The first-order chi connectivity index (χ1) is 7.11. The van der Waals surface area contributed by atoms with Crippen LogP contribution in [-0.4, -0.2) is 12.2 Å². The molecule has 1 nitrogen and oxygen atoms in total. The maximum atomic E-state index is 14.2. The van der Waals surface area contributed by atoms with E-state index >= 15 is 0 Å². The van der Waals surface area contributed by atoms with Gasteiger partial charge in [0.05, 0.1) is 0 Å². The summed E-state index contributed by atoms with van der Waals surface area (Å²) in [4.78, 5) is 0. The van der Waals surface area contributed by atoms with Crippen molar-refractivity contribution in [2.24, 2.45) is 23.2 Å². The zero-order chi connectivity index (χ0) is 10.3. The normalized spacial score (nSPS) is 66.0. The molecule has 15 heavy (non-hydrogen) atoms. The van der Waals surface area contributed by atoms with E-state index in [9.17, 15) is 8.78 Å². The van der Waals surface area contributed by atoms with Gasteiger partial charge in [-0.3, -0.25) is 0 Å². The van der Waals surface area contributed by atoms with Crippen LogP contribution in [0.4, 0.5) is 8.78 Å². The highest BCUT2D eigenvalue weighted by molar-refractivity contribution is 5.12. The molecule has 2 atom stereocenters. The maximum Gasteiger partial charge on any atom is 0.274 e. The van der Waals surface area contributed by atoms with Gasteiger partial charge in [0.15, 0.2) is 0 Å². The Morgan fingerprint density at radius 2 is 1.33 bits per heavy atom. The predicted octanol–water partition coefficient (Wildman–Crippen LogP) is 3.19. The van der Waals surface area contributed by atoms with Crippen LogP contribution in [0.15, 0.2) is 0 Å². The predicted molar refractivity (Wildman–Crippen MR) is 50.4 cm³/mol. The third-order valence-electron chi connectivity index (χ3n) is 5.27. The summed E-state index contributed by atoms with van der Waals surface area (Å²) in [7, 11) is 0. The Bertz CT molecular complexity index is 281. The molecule has 84 valence electrons. The van der Waals surface area contributed by atoms with E-state index in [1.54, 1.807) is 0 Å². The van der Waals surface area contributed by atoms with E-state index in [0.717, 1.165) is 19.3 Å². The SMILES string of the molecule is F[C@@H]1O[C@@]1(F)C12CC3CC(CC(C3)C1)C2. The molecule has 0 unspecified atom stereocenters. The van der Waals surface area contributed by atoms with Crippen LogP contribution in [0.3, 0.4) is 0 Å². The molecule has 0 aromatic rings. The topological polar surface area (TPSA) is 12.5 Å². The molecule has 1 aliphatic heterocycles. The van der Waals surface area contributed by atoms with Gasteiger partial charge in [0.2, 0.25) is 0 Å². The molecule has 5 aliphatic rings. The number of rotatable bonds is 1. The Balaban J connectivity index is 1.72. The van der Waals surface area contributed by atoms with Gasteiger partial charge in [-0.2, -0.15) is 0 Å². The minimum absolute atomic E-state index is 0.443. The van der Waals surface area contributed by atoms with Crippen LogP contribution in [0, 0.1) is 23.2 Å². The van der Waals surface area contributed by atoms with Crippen molar-refractivity contribution in [3.8, 4) is 0 Å². The smallest absolute Gasteiger partial charge is 0.274 e. The first-order valence-corrected chi connectivity index (χ1v) is 6.12. The molecular formula is C12H16F2O. The second-order valence-corrected chi connectivity index (χ2v) is 6.28. The van der Waals surface area contributed by atoms with Crippen molar-refractivity contribution in [1.82, 2.24) is 0 Å². The molecule has 3 heteroatoms. The van der Waals surface area contributed by atoms with Gasteiger partial charge in [0.25, 0.3) is 12.2 Å². The summed E-state index contributed by atoms with van der Waals surface area (Å²) < 4.78 is 32.0. The van der Waals surface area contributed by atoms with Crippen LogP contribution >= 0.6 is 0 Å². The van der Waals surface area contributed by atoms with E-state index in [0.29, 0.717) is 17.8 Å². The fourth-order valence-corrected chi connectivity index (χ4v) is 5.01. The molecule has 5 fully saturated rings. The van der Waals surface area contributed by atoms with Crippen LogP contribution in [0.5, 0.6) is 0 Å². The second-order valence-electron chi connectivity index (χ2n) is 6.28. The summed E-state index contributed by atoms with van der Waals surface area (Å²) in [5.41, 5.74) is -0.443. The lowest BCUT2D eigenvalue weighted by molar-refractivity contribution is -0.140. The molecule has 1 saturated heterocycles. The quantitative estimate of drug-likeness (QED) is 0.611. The minimum Gasteiger partial charge on any atom is -0.301 e. The van der Waals surface area contributed by atoms with Crippen LogP contribution in [0.1, 0.15) is 38.5 Å². The fraction of sp³-hybridized carbons (Fsp3) is 1.00. The largest absolute Gasteiger partial charge is 0.301 e. The van der Waals surface area contributed by atoms with Gasteiger partial charge >= 0.3 is 0 Å². The Kier molecular flexibility index (Phi) is 1.42. The average molecular weight is 214 g/mol. The van der Waals surface area contributed by atoms with Gasteiger partial charge in [0.1, 0.15) is 0 Å². The molecule has 0 spiro atoms. The zero-order valence-electron chi connectivity index (χ0n) is 8.72. The number of hydrogen-bond donors (Lipinski definition) is 0. The second kappa shape index (κ2) is 2.39. The van der Waals surface area contributed by atoms with Crippen LogP contribution in [0.25, 0.3) is 0 Å². The lowest BCUT2D eigenvalue weighted by Crippen LogP contribution is -2.52. The molecule has 4 saturated carbocycles. The van der Waals surface area contributed by atoms with Gasteiger partial charge in [0, 0.05) is 5.41 Å². The standard InChI is InChI=1S/C12H16F2O/c13-10-12(14,15-10)11-4-7-1-8(5-11)3-9(2-7)6-11/h7-10H,1-6H2/t7?,8?,9?,10-,11?,12-/m1/s1. The Morgan fingerprint density at radius 1 is 0.933 bits per heavy atom. The molecule has 0 radical (unpaired) electrons. The first-order valence-electron chi connectivity index (χ1n) is 6.12. The van der Waals surface area contributed by atoms with Crippen molar-refractivity contribution in [3.63, 3.8) is 0 Å². The zero-order valence-corrected chi connectivity index (χ0v) is 8.72. The lowest BCUT2D eigenvalue weighted by atomic mass is 9.48. The number of alkyl halides is 2. The summed E-state index contributed by atoms with van der Waals surface area (Å²) in [5, 5.41) is 0. The van der Waals surface area contributed by atoms with Crippen molar-refractivity contribution in [1.29, 1.82) is 0 Å². The third-order valence-corrected chi connectivity index (χ3v) is 5.27. The molecule has 5 rings (SSSR count). The van der Waals surface area contributed by atoms with Gasteiger partial charge < -0.3 is 4.74 Å². The average Bonchev–Trinajstić information content (AvgIpc) is 2.74. The van der Waals surface area contributed by atoms with Crippen LogP contribution in [-0.2, 0) is 4.74 Å². The monoisotopic (exact) mass is 214 g/mol. The van der Waals surface area contributed by atoms with E-state index in [1.165, 1.54) is 19.3 Å². The van der Waals surface area contributed by atoms with Gasteiger partial charge in [-0.1, -0.05) is 0 Å². The van der Waals surface area contributed by atoms with Crippen molar-refractivity contribution in [2.45, 2.75) is 50.7 Å². The van der Waals surface area contributed by atoms with Crippen molar-refractivity contribution in [2.75, 3.05) is 0 Å². The molecule has 0 N–H and O–H groups in total. The summed E-state index contributed by atoms with van der Waals surface area (Å²) in [5.74, 6) is 0.0593. The number of hydrogen-bond acceptors (Lipinski definition) is 1. The maximum absolute atomic E-state index is 14.2. The first kappa shape index (κ1) is 8.91. The highest BCUT2D eigenvalue weighted by atomic mass is 19.2. The molecule has 0 aromatic carbocycles. The van der Waals surface area contributed by atoms with Crippen molar-refractivity contribution >= 4 is 0 Å².